The highest BCUT2D eigenvalue weighted by Crippen LogP contribution is 2.30. The first-order valence-corrected chi connectivity index (χ1v) is 9.05. The summed E-state index contributed by atoms with van der Waals surface area (Å²) in [5.74, 6) is 0.275. The molecular formula is C20H23N7O. The summed E-state index contributed by atoms with van der Waals surface area (Å²) in [5.41, 5.74) is 1.94. The lowest BCUT2D eigenvalue weighted by molar-refractivity contribution is 0.560. The first kappa shape index (κ1) is 19.3. The number of rotatable bonds is 4. The van der Waals surface area contributed by atoms with E-state index >= 15 is 0 Å². The van der Waals surface area contributed by atoms with Gasteiger partial charge in [-0.05, 0) is 18.1 Å². The third kappa shape index (κ3) is 3.51. The summed E-state index contributed by atoms with van der Waals surface area (Å²) in [5, 5.41) is 27.8. The molecule has 28 heavy (non-hydrogen) atoms. The Hall–Kier alpha value is -3.47. The van der Waals surface area contributed by atoms with E-state index in [0.29, 0.717) is 22.6 Å². The molecule has 0 spiro atoms. The Balaban J connectivity index is 2.12. The van der Waals surface area contributed by atoms with Gasteiger partial charge >= 0.3 is 0 Å². The van der Waals surface area contributed by atoms with Crippen molar-refractivity contribution in [3.63, 3.8) is 0 Å². The van der Waals surface area contributed by atoms with Gasteiger partial charge in [0.2, 0.25) is 5.82 Å². The molecule has 0 atom stereocenters. The Kier molecular flexibility index (Phi) is 5.01. The van der Waals surface area contributed by atoms with E-state index in [1.165, 1.54) is 4.68 Å². The first-order valence-electron chi connectivity index (χ1n) is 9.05. The number of H-pyrrole nitrogens is 2. The third-order valence-electron chi connectivity index (χ3n) is 4.34. The largest absolute Gasteiger partial charge is 0.299 e. The molecule has 0 unspecified atom stereocenters. The fraction of sp³-hybridized carbons (Fsp3) is 0.350. The lowest BCUT2D eigenvalue weighted by Gasteiger charge is -2.16. The summed E-state index contributed by atoms with van der Waals surface area (Å²) < 4.78 is 1.45. The minimum Gasteiger partial charge on any atom is -0.292 e. The molecule has 3 aromatic rings. The molecular weight excluding hydrogens is 354 g/mol. The lowest BCUT2D eigenvalue weighted by atomic mass is 9.91. The summed E-state index contributed by atoms with van der Waals surface area (Å²) in [4.78, 5) is 13.0. The molecule has 0 aliphatic heterocycles. The zero-order valence-electron chi connectivity index (χ0n) is 16.6. The molecule has 2 heterocycles. The minimum atomic E-state index is -0.361. The summed E-state index contributed by atoms with van der Waals surface area (Å²) in [6, 6.07) is 11.4. The number of nitrogens with one attached hydrogen (secondary N) is 2. The van der Waals surface area contributed by atoms with E-state index in [9.17, 15) is 10.1 Å². The molecule has 1 aromatic carbocycles. The Labute approximate surface area is 162 Å². The van der Waals surface area contributed by atoms with Gasteiger partial charge in [0.05, 0.1) is 17.1 Å². The van der Waals surface area contributed by atoms with Gasteiger partial charge < -0.3 is 0 Å². The maximum Gasteiger partial charge on any atom is 0.299 e. The standard InChI is InChI=1S/C20H23N7O/c1-12(2)15-14(11-21)18(24-22-15)25-23-16-17(20(3,4)5)26-27(19(16)28)13-9-7-6-8-10-13/h6-10,12,26H,1-5H3,(H,22,24). The smallest absolute Gasteiger partial charge is 0.292 e. The molecule has 0 amide bonds. The zero-order chi connectivity index (χ0) is 20.5. The summed E-state index contributed by atoms with van der Waals surface area (Å²) in [6.07, 6.45) is 0. The average molecular weight is 377 g/mol. The van der Waals surface area contributed by atoms with Crippen LogP contribution in [0.25, 0.3) is 5.69 Å². The SMILES string of the molecule is CC(C)c1[nH]nc(N=Nc2c(C(C)(C)C)[nH]n(-c3ccccc3)c2=O)c1C#N. The van der Waals surface area contributed by atoms with Gasteiger partial charge in [-0.15, -0.1) is 10.2 Å². The van der Waals surface area contributed by atoms with Crippen LogP contribution in [0.5, 0.6) is 0 Å². The molecule has 144 valence electrons. The maximum absolute atomic E-state index is 13.0. The molecule has 8 heteroatoms. The number of benzene rings is 1. The van der Waals surface area contributed by atoms with Crippen LogP contribution in [0.3, 0.4) is 0 Å². The normalized spacial score (nSPS) is 12.0. The van der Waals surface area contributed by atoms with Gasteiger partial charge in [0.15, 0.2) is 5.69 Å². The maximum atomic E-state index is 13.0. The van der Waals surface area contributed by atoms with E-state index in [2.05, 4.69) is 31.6 Å². The van der Waals surface area contributed by atoms with E-state index < -0.39 is 0 Å². The van der Waals surface area contributed by atoms with E-state index in [1.54, 1.807) is 0 Å². The molecule has 0 bridgehead atoms. The van der Waals surface area contributed by atoms with Gasteiger partial charge in [0, 0.05) is 5.41 Å². The van der Waals surface area contributed by atoms with Crippen LogP contribution in [-0.2, 0) is 5.41 Å². The van der Waals surface area contributed by atoms with Crippen molar-refractivity contribution in [2.75, 3.05) is 0 Å². The molecule has 0 aliphatic carbocycles. The van der Waals surface area contributed by atoms with Gasteiger partial charge in [-0.1, -0.05) is 52.8 Å². The van der Waals surface area contributed by atoms with Crippen LogP contribution < -0.4 is 5.56 Å². The van der Waals surface area contributed by atoms with Crippen molar-refractivity contribution >= 4 is 11.5 Å². The number of nitriles is 1. The topological polar surface area (TPSA) is 115 Å². The van der Waals surface area contributed by atoms with E-state index in [4.69, 9.17) is 0 Å². The Morgan fingerprint density at radius 2 is 1.86 bits per heavy atom. The third-order valence-corrected chi connectivity index (χ3v) is 4.34. The molecule has 2 N–H and O–H groups in total. The summed E-state index contributed by atoms with van der Waals surface area (Å²) >= 11 is 0. The Morgan fingerprint density at radius 1 is 1.18 bits per heavy atom. The van der Waals surface area contributed by atoms with Crippen molar-refractivity contribution in [3.05, 3.63) is 57.6 Å². The second-order valence-electron chi connectivity index (χ2n) is 7.86. The van der Waals surface area contributed by atoms with Crippen LogP contribution in [0.2, 0.25) is 0 Å². The average Bonchev–Trinajstić information content (AvgIpc) is 3.21. The monoisotopic (exact) mass is 377 g/mol. The molecule has 0 fully saturated rings. The fourth-order valence-electron chi connectivity index (χ4n) is 2.85. The Morgan fingerprint density at radius 3 is 2.43 bits per heavy atom. The molecule has 3 rings (SSSR count). The van der Waals surface area contributed by atoms with Crippen molar-refractivity contribution in [1.82, 2.24) is 20.0 Å². The van der Waals surface area contributed by atoms with Crippen LogP contribution in [0.15, 0.2) is 45.4 Å². The number of hydrogen-bond acceptors (Lipinski definition) is 5. The van der Waals surface area contributed by atoms with Gasteiger partial charge in [0.1, 0.15) is 11.6 Å². The highest BCUT2D eigenvalue weighted by atomic mass is 16.1. The van der Waals surface area contributed by atoms with Crippen LogP contribution >= 0.6 is 0 Å². The van der Waals surface area contributed by atoms with Crippen molar-refractivity contribution in [2.24, 2.45) is 10.2 Å². The molecule has 0 saturated carbocycles. The van der Waals surface area contributed by atoms with Crippen LogP contribution in [0, 0.1) is 11.3 Å². The number of hydrogen-bond donors (Lipinski definition) is 2. The summed E-state index contributed by atoms with van der Waals surface area (Å²) in [6.45, 7) is 9.87. The number of nitrogens with zero attached hydrogens (tertiary/aromatic N) is 5. The van der Waals surface area contributed by atoms with Crippen molar-refractivity contribution in [1.29, 1.82) is 5.26 Å². The second kappa shape index (κ2) is 7.27. The molecule has 0 radical (unpaired) electrons. The predicted molar refractivity (Wildman–Crippen MR) is 107 cm³/mol. The van der Waals surface area contributed by atoms with Crippen molar-refractivity contribution < 1.29 is 0 Å². The van der Waals surface area contributed by atoms with Crippen LogP contribution in [0.1, 0.15) is 57.5 Å². The number of para-hydroxylation sites is 1. The van der Waals surface area contributed by atoms with Gasteiger partial charge in [-0.2, -0.15) is 10.4 Å². The van der Waals surface area contributed by atoms with E-state index in [0.717, 1.165) is 0 Å². The van der Waals surface area contributed by atoms with Gasteiger partial charge in [-0.25, -0.2) is 4.68 Å². The van der Waals surface area contributed by atoms with E-state index in [-0.39, 0.29) is 28.4 Å². The minimum absolute atomic E-state index is 0.0961. The Bertz CT molecular complexity index is 1100. The van der Waals surface area contributed by atoms with E-state index in [1.807, 2.05) is 65.0 Å². The molecule has 0 saturated heterocycles. The highest BCUT2D eigenvalue weighted by molar-refractivity contribution is 5.52. The molecule has 8 nitrogen and oxygen atoms in total. The van der Waals surface area contributed by atoms with Crippen LogP contribution in [-0.4, -0.2) is 20.0 Å². The van der Waals surface area contributed by atoms with Crippen molar-refractivity contribution in [3.8, 4) is 11.8 Å². The van der Waals surface area contributed by atoms with Crippen molar-refractivity contribution in [2.45, 2.75) is 46.0 Å². The second-order valence-corrected chi connectivity index (χ2v) is 7.86. The zero-order valence-corrected chi connectivity index (χ0v) is 16.6. The molecule has 2 aromatic heterocycles. The fourth-order valence-corrected chi connectivity index (χ4v) is 2.85. The quantitative estimate of drug-likeness (QED) is 0.647. The predicted octanol–water partition coefficient (Wildman–Crippen LogP) is 4.60. The highest BCUT2D eigenvalue weighted by Gasteiger charge is 2.26. The first-order chi connectivity index (χ1) is 13.2. The summed E-state index contributed by atoms with van der Waals surface area (Å²) in [7, 11) is 0. The molecule has 0 aliphatic rings. The van der Waals surface area contributed by atoms with Gasteiger partial charge in [-0.3, -0.25) is 15.0 Å². The number of aromatic nitrogens is 4. The number of aromatic amines is 2. The number of azo groups is 1. The van der Waals surface area contributed by atoms with Crippen LogP contribution in [0.4, 0.5) is 11.5 Å². The lowest BCUT2D eigenvalue weighted by Crippen LogP contribution is -2.14. The van der Waals surface area contributed by atoms with Gasteiger partial charge in [0.25, 0.3) is 5.56 Å².